The van der Waals surface area contributed by atoms with E-state index in [1.165, 1.54) is 0 Å². The quantitative estimate of drug-likeness (QED) is 0.567. The maximum atomic E-state index is 5.86. The lowest BCUT2D eigenvalue weighted by atomic mass is 10.2. The molecule has 0 unspecified atom stereocenters. The highest BCUT2D eigenvalue weighted by Crippen LogP contribution is 2.16. The van der Waals surface area contributed by atoms with Crippen LogP contribution in [-0.4, -0.2) is 52.5 Å². The zero-order chi connectivity index (χ0) is 19.8. The van der Waals surface area contributed by atoms with Crippen molar-refractivity contribution in [3.63, 3.8) is 0 Å². The summed E-state index contributed by atoms with van der Waals surface area (Å²) in [7, 11) is 4.04. The largest absolute Gasteiger partial charge is 0.492 e. The first kappa shape index (κ1) is 19.8. The molecule has 0 radical (unpaired) electrons. The van der Waals surface area contributed by atoms with Crippen molar-refractivity contribution in [3.05, 3.63) is 59.1 Å². The van der Waals surface area contributed by atoms with E-state index in [-0.39, 0.29) is 0 Å². The molecule has 0 saturated heterocycles. The summed E-state index contributed by atoms with van der Waals surface area (Å²) in [5.41, 5.74) is 1.88. The van der Waals surface area contributed by atoms with Gasteiger partial charge in [0.25, 0.3) is 11.9 Å². The fraction of sp³-hybridized carbons (Fsp3) is 0.263. The van der Waals surface area contributed by atoms with E-state index in [2.05, 4.69) is 35.9 Å². The summed E-state index contributed by atoms with van der Waals surface area (Å²) in [6, 6.07) is 15.1. The van der Waals surface area contributed by atoms with Crippen LogP contribution >= 0.6 is 11.6 Å². The maximum absolute atomic E-state index is 5.86. The van der Waals surface area contributed by atoms with Crippen LogP contribution in [0, 0.1) is 0 Å². The fourth-order valence-corrected chi connectivity index (χ4v) is 2.37. The molecule has 0 spiro atoms. The number of halogens is 1. The minimum atomic E-state index is 0.312. The van der Waals surface area contributed by atoms with Gasteiger partial charge in [0.1, 0.15) is 12.4 Å². The van der Waals surface area contributed by atoms with Crippen molar-refractivity contribution < 1.29 is 4.74 Å². The Morgan fingerprint density at radius 1 is 0.893 bits per heavy atom. The topological polar surface area (TPSA) is 88.1 Å². The summed E-state index contributed by atoms with van der Waals surface area (Å²) in [5, 5.41) is 22.9. The van der Waals surface area contributed by atoms with Gasteiger partial charge in [0.2, 0.25) is 0 Å². The highest BCUT2D eigenvalue weighted by atomic mass is 35.5. The number of anilines is 3. The Morgan fingerprint density at radius 3 is 2.18 bits per heavy atom. The fourth-order valence-electron chi connectivity index (χ4n) is 2.24. The van der Waals surface area contributed by atoms with Crippen molar-refractivity contribution >= 4 is 29.2 Å². The monoisotopic (exact) mass is 399 g/mol. The summed E-state index contributed by atoms with van der Waals surface area (Å²) < 4.78 is 5.68. The summed E-state index contributed by atoms with van der Waals surface area (Å²) in [4.78, 5) is 2.08. The van der Waals surface area contributed by atoms with E-state index in [1.54, 1.807) is 12.1 Å². The third kappa shape index (κ3) is 6.33. The molecule has 0 aliphatic rings. The Hall–Kier alpha value is -2.97. The molecule has 2 N–H and O–H groups in total. The minimum Gasteiger partial charge on any atom is -0.492 e. The van der Waals surface area contributed by atoms with Gasteiger partial charge in [-0.15, -0.1) is 20.4 Å². The van der Waals surface area contributed by atoms with Gasteiger partial charge < -0.3 is 20.3 Å². The van der Waals surface area contributed by atoms with E-state index in [9.17, 15) is 0 Å². The molecule has 0 atom stereocenters. The third-order valence-electron chi connectivity index (χ3n) is 3.76. The second kappa shape index (κ2) is 9.82. The minimum absolute atomic E-state index is 0.312. The molecule has 8 nitrogen and oxygen atoms in total. The van der Waals surface area contributed by atoms with Gasteiger partial charge in [-0.3, -0.25) is 0 Å². The predicted octanol–water partition coefficient (Wildman–Crippen LogP) is 3.22. The normalized spacial score (nSPS) is 10.7. The second-order valence-electron chi connectivity index (χ2n) is 6.33. The lowest BCUT2D eigenvalue weighted by Gasteiger charge is -2.11. The van der Waals surface area contributed by atoms with Crippen molar-refractivity contribution in [1.82, 2.24) is 25.3 Å². The molecule has 0 fully saturated rings. The standard InChI is InChI=1S/C19H22ClN7O/c1-27(2)11-12-28-17-9-3-14(4-10-17)13-21-18-23-25-19(26-24-18)22-16-7-5-15(20)6-8-16/h3-10H,11-13H2,1-2H3,(H,21,23,24)(H,22,25,26). The van der Waals surface area contributed by atoms with Crippen LogP contribution in [0.1, 0.15) is 5.56 Å². The number of hydrogen-bond acceptors (Lipinski definition) is 8. The SMILES string of the molecule is CN(C)CCOc1ccc(CNc2nnc(Nc3ccc(Cl)cc3)nn2)cc1. The Kier molecular flexibility index (Phi) is 6.94. The van der Waals surface area contributed by atoms with E-state index in [4.69, 9.17) is 16.3 Å². The zero-order valence-corrected chi connectivity index (χ0v) is 16.5. The van der Waals surface area contributed by atoms with E-state index in [1.807, 2.05) is 50.5 Å². The van der Waals surface area contributed by atoms with Crippen molar-refractivity contribution in [2.45, 2.75) is 6.54 Å². The van der Waals surface area contributed by atoms with E-state index >= 15 is 0 Å². The first-order valence-electron chi connectivity index (χ1n) is 8.79. The van der Waals surface area contributed by atoms with Crippen LogP contribution in [0.3, 0.4) is 0 Å². The van der Waals surface area contributed by atoms with Gasteiger partial charge in [-0.1, -0.05) is 23.7 Å². The highest BCUT2D eigenvalue weighted by molar-refractivity contribution is 6.30. The van der Waals surface area contributed by atoms with Crippen LogP contribution in [0.5, 0.6) is 5.75 Å². The third-order valence-corrected chi connectivity index (χ3v) is 4.01. The van der Waals surface area contributed by atoms with Crippen LogP contribution in [0.25, 0.3) is 0 Å². The highest BCUT2D eigenvalue weighted by Gasteiger charge is 2.03. The van der Waals surface area contributed by atoms with Crippen LogP contribution in [0.15, 0.2) is 48.5 Å². The first-order valence-corrected chi connectivity index (χ1v) is 9.16. The Bertz CT molecular complexity index is 855. The number of hydrogen-bond donors (Lipinski definition) is 2. The predicted molar refractivity (Wildman–Crippen MR) is 110 cm³/mol. The number of likely N-dealkylation sites (N-methyl/N-ethyl adjacent to an activating group) is 1. The van der Waals surface area contributed by atoms with Crippen LogP contribution < -0.4 is 15.4 Å². The van der Waals surface area contributed by atoms with Gasteiger partial charge in [0.05, 0.1) is 0 Å². The van der Waals surface area contributed by atoms with Crippen LogP contribution in [0.2, 0.25) is 5.02 Å². The molecule has 3 aromatic rings. The Labute approximate surface area is 168 Å². The molecule has 0 aliphatic carbocycles. The maximum Gasteiger partial charge on any atom is 0.266 e. The van der Waals surface area contributed by atoms with E-state index < -0.39 is 0 Å². The van der Waals surface area contributed by atoms with Gasteiger partial charge in [-0.2, -0.15) is 0 Å². The molecular formula is C19H22ClN7O. The van der Waals surface area contributed by atoms with Gasteiger partial charge in [-0.05, 0) is 56.1 Å². The van der Waals surface area contributed by atoms with Crippen molar-refractivity contribution in [2.75, 3.05) is 37.9 Å². The Balaban J connectivity index is 1.47. The molecule has 1 aromatic heterocycles. The molecule has 0 aliphatic heterocycles. The van der Waals surface area contributed by atoms with Gasteiger partial charge >= 0.3 is 0 Å². The van der Waals surface area contributed by atoms with E-state index in [0.717, 1.165) is 23.5 Å². The zero-order valence-electron chi connectivity index (χ0n) is 15.8. The number of nitrogens with zero attached hydrogens (tertiary/aromatic N) is 5. The molecule has 9 heteroatoms. The smallest absolute Gasteiger partial charge is 0.266 e. The summed E-state index contributed by atoms with van der Waals surface area (Å²) >= 11 is 5.86. The van der Waals surface area contributed by atoms with Crippen molar-refractivity contribution in [2.24, 2.45) is 0 Å². The lowest BCUT2D eigenvalue weighted by molar-refractivity contribution is 0.261. The molecule has 28 heavy (non-hydrogen) atoms. The Morgan fingerprint density at radius 2 is 1.54 bits per heavy atom. The van der Waals surface area contributed by atoms with Crippen LogP contribution in [-0.2, 0) is 6.54 Å². The molecular weight excluding hydrogens is 378 g/mol. The summed E-state index contributed by atoms with van der Waals surface area (Å²) in [6.45, 7) is 2.10. The number of ether oxygens (including phenoxy) is 1. The second-order valence-corrected chi connectivity index (χ2v) is 6.76. The average Bonchev–Trinajstić information content (AvgIpc) is 2.70. The number of aromatic nitrogens is 4. The molecule has 0 saturated carbocycles. The molecule has 3 rings (SSSR count). The van der Waals surface area contributed by atoms with Crippen LogP contribution in [0.4, 0.5) is 17.6 Å². The lowest BCUT2D eigenvalue weighted by Crippen LogP contribution is -2.19. The van der Waals surface area contributed by atoms with Crippen molar-refractivity contribution in [1.29, 1.82) is 0 Å². The number of benzene rings is 2. The summed E-state index contributed by atoms with van der Waals surface area (Å²) in [6.07, 6.45) is 0. The molecule has 146 valence electrons. The molecule has 1 heterocycles. The average molecular weight is 400 g/mol. The van der Waals surface area contributed by atoms with Gasteiger partial charge in [0, 0.05) is 23.8 Å². The van der Waals surface area contributed by atoms with E-state index in [0.29, 0.717) is 30.1 Å². The van der Waals surface area contributed by atoms with Crippen molar-refractivity contribution in [3.8, 4) is 5.75 Å². The molecule has 0 amide bonds. The number of rotatable bonds is 9. The van der Waals surface area contributed by atoms with Gasteiger partial charge in [0.15, 0.2) is 0 Å². The summed E-state index contributed by atoms with van der Waals surface area (Å²) in [5.74, 6) is 1.52. The number of nitrogens with one attached hydrogen (secondary N) is 2. The molecule has 2 aromatic carbocycles. The van der Waals surface area contributed by atoms with Gasteiger partial charge in [-0.25, -0.2) is 0 Å². The first-order chi connectivity index (χ1) is 13.6. The molecule has 0 bridgehead atoms.